The molecule has 1 N–H and O–H groups in total. The van der Waals surface area contributed by atoms with Crippen molar-refractivity contribution in [1.29, 1.82) is 0 Å². The first-order valence-electron chi connectivity index (χ1n) is 6.42. The molecule has 2 fully saturated rings. The molecular weight excluding hydrogens is 248 g/mol. The number of carbonyl (C=O) groups is 3. The Balaban J connectivity index is 1.99. The molecule has 2 saturated heterocycles. The molecule has 0 aromatic heterocycles. The standard InChI is InChI=1S/C12H20N4O3/c1-12(2)10(18)13-11(19)16(12)8-9(17)15-6-4-14(3)5-7-15/h4-8H2,1-3H3,(H,13,18,19). The second-order valence-corrected chi connectivity index (χ2v) is 5.59. The van der Waals surface area contributed by atoms with Gasteiger partial charge in [-0.15, -0.1) is 0 Å². The zero-order valence-electron chi connectivity index (χ0n) is 11.6. The van der Waals surface area contributed by atoms with E-state index >= 15 is 0 Å². The second-order valence-electron chi connectivity index (χ2n) is 5.59. The minimum absolute atomic E-state index is 0.0473. The Kier molecular flexibility index (Phi) is 3.49. The van der Waals surface area contributed by atoms with Gasteiger partial charge in [0.05, 0.1) is 0 Å². The number of likely N-dealkylation sites (N-methyl/N-ethyl adjacent to an activating group) is 1. The predicted octanol–water partition coefficient (Wildman–Crippen LogP) is -0.909. The second kappa shape index (κ2) is 4.80. The van der Waals surface area contributed by atoms with Gasteiger partial charge in [0, 0.05) is 26.2 Å². The molecule has 0 unspecified atom stereocenters. The minimum atomic E-state index is -0.959. The van der Waals surface area contributed by atoms with Crippen molar-refractivity contribution < 1.29 is 14.4 Å². The Bertz CT molecular complexity index is 413. The molecular formula is C12H20N4O3. The first kappa shape index (κ1) is 13.8. The first-order chi connectivity index (χ1) is 8.82. The average Bonchev–Trinajstić information content (AvgIpc) is 2.53. The van der Waals surface area contributed by atoms with Gasteiger partial charge in [-0.3, -0.25) is 14.9 Å². The van der Waals surface area contributed by atoms with Gasteiger partial charge in [-0.05, 0) is 20.9 Å². The monoisotopic (exact) mass is 268 g/mol. The third-order valence-corrected chi connectivity index (χ3v) is 3.85. The van der Waals surface area contributed by atoms with E-state index in [1.807, 2.05) is 7.05 Å². The molecule has 106 valence electrons. The number of nitrogens with one attached hydrogen (secondary N) is 1. The number of amides is 4. The topological polar surface area (TPSA) is 73.0 Å². The van der Waals surface area contributed by atoms with E-state index < -0.39 is 11.6 Å². The summed E-state index contributed by atoms with van der Waals surface area (Å²) in [5.41, 5.74) is -0.959. The van der Waals surface area contributed by atoms with Crippen molar-refractivity contribution in [2.45, 2.75) is 19.4 Å². The number of urea groups is 1. The molecule has 2 heterocycles. The number of hydrogen-bond donors (Lipinski definition) is 1. The van der Waals surface area contributed by atoms with Gasteiger partial charge in [0.2, 0.25) is 5.91 Å². The predicted molar refractivity (Wildman–Crippen MR) is 68.4 cm³/mol. The van der Waals surface area contributed by atoms with Crippen molar-refractivity contribution in [2.24, 2.45) is 0 Å². The van der Waals surface area contributed by atoms with Crippen LogP contribution in [0.3, 0.4) is 0 Å². The van der Waals surface area contributed by atoms with Gasteiger partial charge in [0.25, 0.3) is 5.91 Å². The SMILES string of the molecule is CN1CCN(C(=O)CN2C(=O)NC(=O)C2(C)C)CC1. The molecule has 2 aliphatic heterocycles. The van der Waals surface area contributed by atoms with Crippen LogP contribution in [0.2, 0.25) is 0 Å². The number of imide groups is 1. The molecule has 0 spiro atoms. The fourth-order valence-electron chi connectivity index (χ4n) is 2.25. The third kappa shape index (κ3) is 2.56. The Morgan fingerprint density at radius 2 is 1.79 bits per heavy atom. The maximum absolute atomic E-state index is 12.2. The van der Waals surface area contributed by atoms with Crippen LogP contribution in [0.15, 0.2) is 0 Å². The van der Waals surface area contributed by atoms with E-state index in [0.29, 0.717) is 13.1 Å². The summed E-state index contributed by atoms with van der Waals surface area (Å²) >= 11 is 0. The fraction of sp³-hybridized carbons (Fsp3) is 0.750. The van der Waals surface area contributed by atoms with Crippen LogP contribution in [0.25, 0.3) is 0 Å². The van der Waals surface area contributed by atoms with Gasteiger partial charge in [-0.25, -0.2) is 4.79 Å². The van der Waals surface area contributed by atoms with Crippen LogP contribution in [0.5, 0.6) is 0 Å². The van der Waals surface area contributed by atoms with Crippen LogP contribution in [-0.4, -0.2) is 77.9 Å². The van der Waals surface area contributed by atoms with E-state index in [0.717, 1.165) is 13.1 Å². The normalized spacial score (nSPS) is 23.7. The van der Waals surface area contributed by atoms with Crippen LogP contribution in [0, 0.1) is 0 Å². The lowest BCUT2D eigenvalue weighted by Crippen LogP contribution is -2.53. The third-order valence-electron chi connectivity index (χ3n) is 3.85. The smallest absolute Gasteiger partial charge is 0.325 e. The largest absolute Gasteiger partial charge is 0.339 e. The molecule has 0 bridgehead atoms. The van der Waals surface area contributed by atoms with Crippen molar-refractivity contribution >= 4 is 17.8 Å². The molecule has 0 radical (unpaired) electrons. The highest BCUT2D eigenvalue weighted by Gasteiger charge is 2.46. The summed E-state index contributed by atoms with van der Waals surface area (Å²) in [5, 5.41) is 2.24. The molecule has 0 saturated carbocycles. The summed E-state index contributed by atoms with van der Waals surface area (Å²) in [6.45, 7) is 6.24. The Morgan fingerprint density at radius 1 is 1.21 bits per heavy atom. The van der Waals surface area contributed by atoms with Crippen LogP contribution in [-0.2, 0) is 9.59 Å². The maximum atomic E-state index is 12.2. The maximum Gasteiger partial charge on any atom is 0.325 e. The molecule has 0 aliphatic carbocycles. The average molecular weight is 268 g/mol. The van der Waals surface area contributed by atoms with Crippen molar-refractivity contribution in [3.8, 4) is 0 Å². The highest BCUT2D eigenvalue weighted by atomic mass is 16.2. The van der Waals surface area contributed by atoms with Crippen LogP contribution in [0.4, 0.5) is 4.79 Å². The van der Waals surface area contributed by atoms with Gasteiger partial charge >= 0.3 is 6.03 Å². The number of hydrogen-bond acceptors (Lipinski definition) is 4. The van der Waals surface area contributed by atoms with E-state index in [4.69, 9.17) is 0 Å². The molecule has 0 aromatic carbocycles. The summed E-state index contributed by atoms with van der Waals surface area (Å²) < 4.78 is 0. The van der Waals surface area contributed by atoms with E-state index in [2.05, 4.69) is 10.2 Å². The zero-order valence-corrected chi connectivity index (χ0v) is 11.6. The molecule has 2 aliphatic rings. The molecule has 19 heavy (non-hydrogen) atoms. The van der Waals surface area contributed by atoms with Crippen molar-refractivity contribution in [2.75, 3.05) is 39.8 Å². The van der Waals surface area contributed by atoms with Gasteiger partial charge in [0.15, 0.2) is 0 Å². The van der Waals surface area contributed by atoms with Crippen LogP contribution in [0.1, 0.15) is 13.8 Å². The molecule has 2 rings (SSSR count). The summed E-state index contributed by atoms with van der Waals surface area (Å²) in [5.74, 6) is -0.463. The van der Waals surface area contributed by atoms with E-state index in [9.17, 15) is 14.4 Å². The number of piperazine rings is 1. The summed E-state index contributed by atoms with van der Waals surface area (Å²) in [6, 6.07) is -0.488. The lowest BCUT2D eigenvalue weighted by atomic mass is 10.0. The highest BCUT2D eigenvalue weighted by Crippen LogP contribution is 2.20. The van der Waals surface area contributed by atoms with Gasteiger partial charge in [0.1, 0.15) is 12.1 Å². The van der Waals surface area contributed by atoms with E-state index in [-0.39, 0.29) is 18.4 Å². The Hall–Kier alpha value is -1.63. The lowest BCUT2D eigenvalue weighted by molar-refractivity contribution is -0.135. The molecule has 4 amide bonds. The van der Waals surface area contributed by atoms with Crippen molar-refractivity contribution in [3.63, 3.8) is 0 Å². The quantitative estimate of drug-likeness (QED) is 0.658. The minimum Gasteiger partial charge on any atom is -0.339 e. The summed E-state index contributed by atoms with van der Waals surface area (Å²) in [4.78, 5) is 40.7. The zero-order chi connectivity index (χ0) is 14.2. The number of rotatable bonds is 2. The summed E-state index contributed by atoms with van der Waals surface area (Å²) in [7, 11) is 2.01. The number of nitrogens with zero attached hydrogens (tertiary/aromatic N) is 3. The van der Waals surface area contributed by atoms with Gasteiger partial charge < -0.3 is 14.7 Å². The Morgan fingerprint density at radius 3 is 2.26 bits per heavy atom. The van der Waals surface area contributed by atoms with Gasteiger partial charge in [-0.2, -0.15) is 0 Å². The first-order valence-corrected chi connectivity index (χ1v) is 6.42. The lowest BCUT2D eigenvalue weighted by Gasteiger charge is -2.35. The molecule has 0 atom stereocenters. The van der Waals surface area contributed by atoms with E-state index in [1.165, 1.54) is 4.90 Å². The Labute approximate surface area is 112 Å². The highest BCUT2D eigenvalue weighted by molar-refractivity contribution is 6.07. The molecule has 0 aromatic rings. The van der Waals surface area contributed by atoms with Crippen molar-refractivity contribution in [1.82, 2.24) is 20.0 Å². The molecule has 7 heteroatoms. The van der Waals surface area contributed by atoms with Crippen LogP contribution < -0.4 is 5.32 Å². The van der Waals surface area contributed by atoms with E-state index in [1.54, 1.807) is 18.7 Å². The van der Waals surface area contributed by atoms with Gasteiger partial charge in [-0.1, -0.05) is 0 Å². The molecule has 7 nitrogen and oxygen atoms in total. The van der Waals surface area contributed by atoms with Crippen LogP contribution >= 0.6 is 0 Å². The number of carbonyl (C=O) groups excluding carboxylic acids is 3. The summed E-state index contributed by atoms with van der Waals surface area (Å²) in [6.07, 6.45) is 0. The fourth-order valence-corrected chi connectivity index (χ4v) is 2.25. The van der Waals surface area contributed by atoms with Crippen molar-refractivity contribution in [3.05, 3.63) is 0 Å².